The fourth-order valence-electron chi connectivity index (χ4n) is 0.216. The van der Waals surface area contributed by atoms with E-state index in [9.17, 15) is 0 Å². The van der Waals surface area contributed by atoms with Crippen molar-refractivity contribution in [3.63, 3.8) is 0 Å². The molecular formula is C2H4N4. The van der Waals surface area contributed by atoms with Crippen LogP contribution in [0.3, 0.4) is 0 Å². The van der Waals surface area contributed by atoms with Crippen LogP contribution in [0.4, 0.5) is 0 Å². The molecule has 0 unspecified atom stereocenters. The van der Waals surface area contributed by atoms with E-state index in [0.29, 0.717) is 6.67 Å². The Morgan fingerprint density at radius 1 is 1.67 bits per heavy atom. The maximum Gasteiger partial charge on any atom is 0.154 e. The second-order valence-corrected chi connectivity index (χ2v) is 0.824. The first-order chi connectivity index (χ1) is 3.00. The monoisotopic (exact) mass is 84.0 g/mol. The Balaban J connectivity index is 2.40. The molecule has 0 saturated carbocycles. The smallest absolute Gasteiger partial charge is 0.154 e. The van der Waals surface area contributed by atoms with E-state index < -0.39 is 0 Å². The third-order valence-electron chi connectivity index (χ3n) is 0.422. The Kier molecular flexibility index (Phi) is 0.813. The molecule has 1 aliphatic heterocycles. The van der Waals surface area contributed by atoms with Gasteiger partial charge in [0.25, 0.3) is 0 Å². The molecule has 0 radical (unpaired) electrons. The zero-order chi connectivity index (χ0) is 4.24. The highest BCUT2D eigenvalue weighted by molar-refractivity contribution is 5.53. The maximum absolute atomic E-state index is 3.68. The van der Waals surface area contributed by atoms with E-state index in [1.54, 1.807) is 0 Å². The fourth-order valence-corrected chi connectivity index (χ4v) is 0.216. The van der Waals surface area contributed by atoms with Gasteiger partial charge in [0.1, 0.15) is 6.34 Å². The summed E-state index contributed by atoms with van der Waals surface area (Å²) in [5.74, 6) is 0. The van der Waals surface area contributed by atoms with Crippen LogP contribution in [-0.2, 0) is 0 Å². The van der Waals surface area contributed by atoms with Crippen molar-refractivity contribution in [2.75, 3.05) is 6.67 Å². The molecule has 32 valence electrons. The molecular weight excluding hydrogens is 80.0 g/mol. The molecule has 1 rings (SSSR count). The van der Waals surface area contributed by atoms with Crippen LogP contribution in [0.2, 0.25) is 0 Å². The molecule has 6 heavy (non-hydrogen) atoms. The Bertz CT molecular complexity index is 63.5. The topological polar surface area (TPSA) is 49.1 Å². The summed E-state index contributed by atoms with van der Waals surface area (Å²) in [4.78, 5) is 3.68. The second kappa shape index (κ2) is 1.49. The van der Waals surface area contributed by atoms with Crippen molar-refractivity contribution in [1.82, 2.24) is 5.43 Å². The minimum atomic E-state index is 0.465. The first kappa shape index (κ1) is 3.27. The third-order valence-corrected chi connectivity index (χ3v) is 0.422. The van der Waals surface area contributed by atoms with Gasteiger partial charge in [-0.15, -0.1) is 5.11 Å². The van der Waals surface area contributed by atoms with Crippen LogP contribution in [0.25, 0.3) is 0 Å². The summed E-state index contributed by atoms with van der Waals surface area (Å²) in [6, 6.07) is 0. The highest BCUT2D eigenvalue weighted by atomic mass is 15.5. The van der Waals surface area contributed by atoms with Crippen LogP contribution < -0.4 is 5.43 Å². The molecule has 0 amide bonds. The quantitative estimate of drug-likeness (QED) is 0.439. The lowest BCUT2D eigenvalue weighted by Gasteiger charge is -1.89. The lowest BCUT2D eigenvalue weighted by atomic mass is 11.1. The summed E-state index contributed by atoms with van der Waals surface area (Å²) in [5, 5.41) is 6.90. The van der Waals surface area contributed by atoms with Gasteiger partial charge in [-0.3, -0.25) is 0 Å². The molecule has 0 spiro atoms. The van der Waals surface area contributed by atoms with Gasteiger partial charge in [-0.05, 0) is 0 Å². The van der Waals surface area contributed by atoms with Gasteiger partial charge in [-0.25, -0.2) is 10.4 Å². The molecule has 1 N–H and O–H groups in total. The van der Waals surface area contributed by atoms with Crippen LogP contribution in [0.15, 0.2) is 15.3 Å². The largest absolute Gasteiger partial charge is 0.250 e. The molecule has 0 aromatic rings. The van der Waals surface area contributed by atoms with Crippen LogP contribution in [-0.4, -0.2) is 13.0 Å². The molecule has 0 aromatic carbocycles. The Hall–Kier alpha value is -0.930. The summed E-state index contributed by atoms with van der Waals surface area (Å²) >= 11 is 0. The van der Waals surface area contributed by atoms with Crippen LogP contribution in [0.1, 0.15) is 0 Å². The maximum atomic E-state index is 3.68. The van der Waals surface area contributed by atoms with E-state index in [1.807, 2.05) is 0 Å². The molecule has 4 nitrogen and oxygen atoms in total. The first-order valence-corrected chi connectivity index (χ1v) is 1.60. The summed E-state index contributed by atoms with van der Waals surface area (Å²) < 4.78 is 0. The van der Waals surface area contributed by atoms with Crippen molar-refractivity contribution < 1.29 is 0 Å². The van der Waals surface area contributed by atoms with Gasteiger partial charge in [-0.2, -0.15) is 0 Å². The van der Waals surface area contributed by atoms with Crippen molar-refractivity contribution in [1.29, 1.82) is 0 Å². The normalized spacial score (nSPS) is 17.3. The second-order valence-electron chi connectivity index (χ2n) is 0.824. The number of rotatable bonds is 0. The molecule has 0 atom stereocenters. The van der Waals surface area contributed by atoms with Gasteiger partial charge >= 0.3 is 0 Å². The van der Waals surface area contributed by atoms with E-state index in [1.165, 1.54) is 6.34 Å². The van der Waals surface area contributed by atoms with Gasteiger partial charge in [0, 0.05) is 0 Å². The van der Waals surface area contributed by atoms with Crippen molar-refractivity contribution in [3.8, 4) is 0 Å². The zero-order valence-corrected chi connectivity index (χ0v) is 3.13. The highest BCUT2D eigenvalue weighted by Gasteiger charge is 1.75. The summed E-state index contributed by atoms with van der Waals surface area (Å²) in [6.07, 6.45) is 1.51. The first-order valence-electron chi connectivity index (χ1n) is 1.60. The van der Waals surface area contributed by atoms with Crippen molar-refractivity contribution >= 4 is 6.34 Å². The summed E-state index contributed by atoms with van der Waals surface area (Å²) in [7, 11) is 0. The number of nitrogens with zero attached hydrogens (tertiary/aromatic N) is 3. The SMILES string of the molecule is C1=NCN=NN1. The van der Waals surface area contributed by atoms with Crippen LogP contribution in [0.5, 0.6) is 0 Å². The lowest BCUT2D eigenvalue weighted by molar-refractivity contribution is 0.800. The fraction of sp³-hybridized carbons (Fsp3) is 0.500. The molecule has 0 aromatic heterocycles. The average Bonchev–Trinajstić information content (AvgIpc) is 1.72. The summed E-state index contributed by atoms with van der Waals surface area (Å²) in [6.45, 7) is 0.465. The molecule has 1 aliphatic rings. The Labute approximate surface area is 35.0 Å². The van der Waals surface area contributed by atoms with Gasteiger partial charge in [0.15, 0.2) is 6.67 Å². The number of hydrogen-bond acceptors (Lipinski definition) is 4. The molecule has 4 heteroatoms. The molecule has 0 aliphatic carbocycles. The van der Waals surface area contributed by atoms with Gasteiger partial charge < -0.3 is 0 Å². The Morgan fingerprint density at radius 3 is 2.83 bits per heavy atom. The standard InChI is InChI=1S/C2H4N4/c1-3-2-5-6-4-1/h1H,2H2,(H,3,4,5). The van der Waals surface area contributed by atoms with Gasteiger partial charge in [0.2, 0.25) is 0 Å². The molecule has 0 bridgehead atoms. The van der Waals surface area contributed by atoms with Crippen molar-refractivity contribution in [2.24, 2.45) is 15.3 Å². The molecule has 0 saturated heterocycles. The number of nitrogens with one attached hydrogen (secondary N) is 1. The van der Waals surface area contributed by atoms with Crippen LogP contribution >= 0.6 is 0 Å². The zero-order valence-electron chi connectivity index (χ0n) is 3.13. The van der Waals surface area contributed by atoms with E-state index >= 15 is 0 Å². The third kappa shape index (κ3) is 0.512. The van der Waals surface area contributed by atoms with Gasteiger partial charge in [-0.1, -0.05) is 5.22 Å². The predicted molar refractivity (Wildman–Crippen MR) is 21.4 cm³/mol. The predicted octanol–water partition coefficient (Wildman–Crippen LogP) is -0.0574. The minimum absolute atomic E-state index is 0.465. The van der Waals surface area contributed by atoms with Crippen molar-refractivity contribution in [2.45, 2.75) is 0 Å². The van der Waals surface area contributed by atoms with Crippen molar-refractivity contribution in [3.05, 3.63) is 0 Å². The number of aliphatic imine (C=N–C) groups is 1. The Morgan fingerprint density at radius 2 is 2.67 bits per heavy atom. The summed E-state index contributed by atoms with van der Waals surface area (Å²) in [5.41, 5.74) is 2.45. The average molecular weight is 84.1 g/mol. The molecule has 1 heterocycles. The van der Waals surface area contributed by atoms with E-state index in [4.69, 9.17) is 0 Å². The lowest BCUT2D eigenvalue weighted by Crippen LogP contribution is -2.03. The number of hydrogen-bond donors (Lipinski definition) is 1. The minimum Gasteiger partial charge on any atom is -0.250 e. The van der Waals surface area contributed by atoms with E-state index in [2.05, 4.69) is 20.8 Å². The van der Waals surface area contributed by atoms with Gasteiger partial charge in [0.05, 0.1) is 0 Å². The van der Waals surface area contributed by atoms with E-state index in [0.717, 1.165) is 0 Å². The van der Waals surface area contributed by atoms with E-state index in [-0.39, 0.29) is 0 Å². The highest BCUT2D eigenvalue weighted by Crippen LogP contribution is 1.75. The molecule has 0 fully saturated rings. The van der Waals surface area contributed by atoms with Crippen LogP contribution in [0, 0.1) is 0 Å².